The van der Waals surface area contributed by atoms with Gasteiger partial charge in [0.2, 0.25) is 15.9 Å². The lowest BCUT2D eigenvalue weighted by molar-refractivity contribution is 0.0981. The van der Waals surface area contributed by atoms with Crippen LogP contribution in [0.1, 0.15) is 37.6 Å². The third-order valence-electron chi connectivity index (χ3n) is 4.57. The van der Waals surface area contributed by atoms with Crippen molar-refractivity contribution in [3.8, 4) is 28.5 Å². The van der Waals surface area contributed by atoms with Crippen LogP contribution in [-0.2, 0) is 10.0 Å². The van der Waals surface area contributed by atoms with Crippen molar-refractivity contribution in [2.75, 3.05) is 26.0 Å². The minimum Gasteiger partial charge on any atom is -0.477 e. The molecule has 0 radical (unpaired) electrons. The molecule has 3 rings (SSSR count). The highest BCUT2D eigenvalue weighted by Crippen LogP contribution is 2.38. The third-order valence-corrected chi connectivity index (χ3v) is 5.37. The molecule has 10 heteroatoms. The summed E-state index contributed by atoms with van der Waals surface area (Å²) >= 11 is 5.95. The van der Waals surface area contributed by atoms with Gasteiger partial charge < -0.3 is 14.8 Å². The first-order valence-electron chi connectivity index (χ1n) is 11.6. The first-order valence-corrected chi connectivity index (χ1v) is 13.8. The van der Waals surface area contributed by atoms with E-state index in [1.807, 2.05) is 11.6 Å². The maximum absolute atomic E-state index is 12.4. The minimum absolute atomic E-state index is 0.147. The fraction of sp³-hybridized carbons (Fsp3) is 0.308. The number of aromatic nitrogens is 1. The number of hydrogen-bond donors (Lipinski definition) is 2. The number of nitrogens with one attached hydrogen (secondary N) is 2. The molecule has 0 aliphatic rings. The van der Waals surface area contributed by atoms with Crippen molar-refractivity contribution < 1.29 is 22.7 Å². The molecule has 1 amide bonds. The Bertz CT molecular complexity index is 1230. The van der Waals surface area contributed by atoms with Gasteiger partial charge in [0, 0.05) is 27.9 Å². The normalized spacial score (nSPS) is 10.7. The van der Waals surface area contributed by atoms with E-state index in [0.717, 1.165) is 25.8 Å². The van der Waals surface area contributed by atoms with E-state index in [0.29, 0.717) is 40.1 Å². The van der Waals surface area contributed by atoms with Crippen LogP contribution in [0.2, 0.25) is 5.02 Å². The zero-order valence-corrected chi connectivity index (χ0v) is 22.4. The van der Waals surface area contributed by atoms with Crippen LogP contribution in [0.15, 0.2) is 60.8 Å². The lowest BCUT2D eigenvalue weighted by atomic mass is 10.0. The highest BCUT2D eigenvalue weighted by molar-refractivity contribution is 7.89. The topological polar surface area (TPSA) is 107 Å². The summed E-state index contributed by atoms with van der Waals surface area (Å²) in [6.45, 7) is 8.83. The molecule has 1 aromatic heterocycles. The predicted octanol–water partition coefficient (Wildman–Crippen LogP) is 5.29. The zero-order valence-electron chi connectivity index (χ0n) is 20.9. The Morgan fingerprint density at radius 2 is 1.69 bits per heavy atom. The van der Waals surface area contributed by atoms with Crippen molar-refractivity contribution in [1.29, 1.82) is 0 Å². The summed E-state index contributed by atoms with van der Waals surface area (Å²) in [5, 5.41) is 3.68. The summed E-state index contributed by atoms with van der Waals surface area (Å²) in [5.41, 5.74) is 1.28. The molecule has 0 saturated heterocycles. The van der Waals surface area contributed by atoms with E-state index in [1.165, 1.54) is 6.07 Å². The average molecular weight is 534 g/mol. The highest BCUT2D eigenvalue weighted by atomic mass is 35.5. The molecule has 0 fully saturated rings. The fourth-order valence-corrected chi connectivity index (χ4v) is 3.57. The summed E-state index contributed by atoms with van der Waals surface area (Å²) in [6, 6.07) is 15.0. The number of benzene rings is 2. The van der Waals surface area contributed by atoms with Gasteiger partial charge in [-0.05, 0) is 74.1 Å². The molecule has 8 nitrogen and oxygen atoms in total. The van der Waals surface area contributed by atoms with Gasteiger partial charge in [0.15, 0.2) is 0 Å². The van der Waals surface area contributed by atoms with Crippen molar-refractivity contribution >= 4 is 27.5 Å². The molecular formula is C26H32ClN3O5S. The molecule has 194 valence electrons. The molecule has 2 N–H and O–H groups in total. The van der Waals surface area contributed by atoms with Gasteiger partial charge in [-0.25, -0.2) is 18.1 Å². The molecule has 36 heavy (non-hydrogen) atoms. The van der Waals surface area contributed by atoms with Crippen molar-refractivity contribution in [1.82, 2.24) is 15.0 Å². The molecule has 2 aromatic carbocycles. The van der Waals surface area contributed by atoms with Crippen LogP contribution < -0.4 is 19.5 Å². The number of sulfonamides is 1. The molecule has 1 heterocycles. The number of carbonyl (C=O) groups excluding carboxylic acids is 1. The Balaban J connectivity index is 0.000000830. The first kappa shape index (κ1) is 29.1. The van der Waals surface area contributed by atoms with Crippen LogP contribution in [0.25, 0.3) is 11.1 Å². The third kappa shape index (κ3) is 9.49. The SMILES string of the molecule is CCCOc1ncccc1-c1cc(C(=O)NS(C)(=O)=O)ccc1Oc1ccc(Cl)cc1.CCNCC. The van der Waals surface area contributed by atoms with Gasteiger partial charge in [-0.1, -0.05) is 32.4 Å². The van der Waals surface area contributed by atoms with E-state index in [2.05, 4.69) is 24.1 Å². The smallest absolute Gasteiger partial charge is 0.264 e. The average Bonchev–Trinajstić information content (AvgIpc) is 2.84. The van der Waals surface area contributed by atoms with Gasteiger partial charge in [0.05, 0.1) is 12.9 Å². The lowest BCUT2D eigenvalue weighted by Gasteiger charge is -2.15. The maximum atomic E-state index is 12.4. The molecule has 3 aromatic rings. The van der Waals surface area contributed by atoms with E-state index < -0.39 is 15.9 Å². The standard InChI is InChI=1S/C22H21ClN2O5S.C4H11N/c1-3-13-29-22-18(5-4-12-24-22)19-14-15(21(26)25-31(2,27)28)6-11-20(19)30-17-9-7-16(23)8-10-17;1-3-5-4-2/h4-12,14H,3,13H2,1-2H3,(H,25,26);5H,3-4H2,1-2H3. The monoisotopic (exact) mass is 533 g/mol. The number of nitrogens with zero attached hydrogens (tertiary/aromatic N) is 1. The summed E-state index contributed by atoms with van der Waals surface area (Å²) in [4.78, 5) is 16.7. The Morgan fingerprint density at radius 3 is 2.28 bits per heavy atom. The number of ether oxygens (including phenoxy) is 2. The lowest BCUT2D eigenvalue weighted by Crippen LogP contribution is -2.29. The Morgan fingerprint density at radius 1 is 1.00 bits per heavy atom. The van der Waals surface area contributed by atoms with E-state index >= 15 is 0 Å². The minimum atomic E-state index is -3.71. The molecule has 0 unspecified atom stereocenters. The van der Waals surface area contributed by atoms with E-state index in [1.54, 1.807) is 54.7 Å². The van der Waals surface area contributed by atoms with Gasteiger partial charge in [-0.2, -0.15) is 0 Å². The molecule has 0 saturated carbocycles. The van der Waals surface area contributed by atoms with Gasteiger partial charge in [-0.15, -0.1) is 0 Å². The van der Waals surface area contributed by atoms with E-state index in [9.17, 15) is 13.2 Å². The molecule has 0 aliphatic carbocycles. The van der Waals surface area contributed by atoms with Crippen molar-refractivity contribution in [3.05, 3.63) is 71.4 Å². The van der Waals surface area contributed by atoms with Crippen molar-refractivity contribution in [2.24, 2.45) is 0 Å². The number of halogens is 1. The number of rotatable bonds is 10. The number of amides is 1. The molecule has 0 bridgehead atoms. The quantitative estimate of drug-likeness (QED) is 0.364. The molecule has 0 atom stereocenters. The van der Waals surface area contributed by atoms with Gasteiger partial charge in [0.25, 0.3) is 5.91 Å². The van der Waals surface area contributed by atoms with E-state index in [-0.39, 0.29) is 5.56 Å². The number of hydrogen-bond acceptors (Lipinski definition) is 7. The van der Waals surface area contributed by atoms with Crippen LogP contribution in [0.4, 0.5) is 0 Å². The van der Waals surface area contributed by atoms with Crippen LogP contribution >= 0.6 is 11.6 Å². The molecular weight excluding hydrogens is 502 g/mol. The second-order valence-corrected chi connectivity index (χ2v) is 9.82. The number of pyridine rings is 1. The van der Waals surface area contributed by atoms with Gasteiger partial charge in [-0.3, -0.25) is 4.79 Å². The number of carbonyl (C=O) groups is 1. The predicted molar refractivity (Wildman–Crippen MR) is 144 cm³/mol. The molecule has 0 aliphatic heterocycles. The Hall–Kier alpha value is -3.14. The van der Waals surface area contributed by atoms with Crippen molar-refractivity contribution in [2.45, 2.75) is 27.2 Å². The fourth-order valence-electron chi connectivity index (χ4n) is 2.99. The van der Waals surface area contributed by atoms with E-state index in [4.69, 9.17) is 21.1 Å². The summed E-state index contributed by atoms with van der Waals surface area (Å²) in [7, 11) is -3.71. The summed E-state index contributed by atoms with van der Waals surface area (Å²) in [6.07, 6.45) is 3.32. The summed E-state index contributed by atoms with van der Waals surface area (Å²) in [5.74, 6) is 0.610. The maximum Gasteiger partial charge on any atom is 0.264 e. The molecule has 0 spiro atoms. The van der Waals surface area contributed by atoms with Crippen LogP contribution in [-0.4, -0.2) is 45.3 Å². The van der Waals surface area contributed by atoms with Crippen LogP contribution in [0, 0.1) is 0 Å². The second kappa shape index (κ2) is 14.4. The first-order chi connectivity index (χ1) is 17.2. The Kier molecular flexibility index (Phi) is 11.7. The largest absolute Gasteiger partial charge is 0.477 e. The Labute approximate surface area is 218 Å². The van der Waals surface area contributed by atoms with Crippen molar-refractivity contribution in [3.63, 3.8) is 0 Å². The van der Waals surface area contributed by atoms with Crippen LogP contribution in [0.3, 0.4) is 0 Å². The summed E-state index contributed by atoms with van der Waals surface area (Å²) < 4.78 is 36.7. The highest BCUT2D eigenvalue weighted by Gasteiger charge is 2.18. The second-order valence-electron chi connectivity index (χ2n) is 7.63. The zero-order chi connectivity index (χ0) is 26.6. The van der Waals surface area contributed by atoms with Crippen LogP contribution in [0.5, 0.6) is 17.4 Å². The van der Waals surface area contributed by atoms with Gasteiger partial charge in [0.1, 0.15) is 11.5 Å². The van der Waals surface area contributed by atoms with Gasteiger partial charge >= 0.3 is 0 Å².